The Kier molecular flexibility index (Phi) is 4.26. The molecule has 6 nitrogen and oxygen atoms in total. The molecular weight excluding hydrogens is 318 g/mol. The number of hydrogen-bond acceptors (Lipinski definition) is 4. The molecule has 6 heteroatoms. The summed E-state index contributed by atoms with van der Waals surface area (Å²) in [4.78, 5) is 24.6. The molecule has 1 N–H and O–H groups in total. The first-order chi connectivity index (χ1) is 12.2. The molecule has 4 rings (SSSR count). The minimum atomic E-state index is -0.427. The average molecular weight is 339 g/mol. The molecule has 0 aliphatic heterocycles. The predicted molar refractivity (Wildman–Crippen MR) is 95.4 cm³/mol. The zero-order valence-corrected chi connectivity index (χ0v) is 14.0. The normalized spacial score (nSPS) is 16.2. The van der Waals surface area contributed by atoms with Gasteiger partial charge in [-0.15, -0.1) is 0 Å². The van der Waals surface area contributed by atoms with Gasteiger partial charge in [0.2, 0.25) is 5.91 Å². The molecule has 1 aliphatic rings. The second-order valence-corrected chi connectivity index (χ2v) is 6.71. The van der Waals surface area contributed by atoms with Crippen LogP contribution in [0.25, 0.3) is 21.9 Å². The van der Waals surface area contributed by atoms with E-state index in [1.807, 2.05) is 18.2 Å². The fourth-order valence-electron chi connectivity index (χ4n) is 3.68. The number of rotatable bonds is 3. The first-order valence-electron chi connectivity index (χ1n) is 8.89. The monoisotopic (exact) mass is 339 g/mol. The summed E-state index contributed by atoms with van der Waals surface area (Å²) in [6, 6.07) is 7.57. The average Bonchev–Trinajstić information content (AvgIpc) is 2.85. The molecule has 130 valence electrons. The maximum Gasteiger partial charge on any atom is 0.347 e. The van der Waals surface area contributed by atoms with Crippen LogP contribution < -0.4 is 10.9 Å². The van der Waals surface area contributed by atoms with Crippen molar-refractivity contribution in [2.24, 2.45) is 0 Å². The summed E-state index contributed by atoms with van der Waals surface area (Å²) in [5, 5.41) is 8.57. The van der Waals surface area contributed by atoms with Crippen LogP contribution in [0.2, 0.25) is 0 Å². The van der Waals surface area contributed by atoms with Crippen molar-refractivity contribution in [1.29, 1.82) is 0 Å². The van der Waals surface area contributed by atoms with Gasteiger partial charge < -0.3 is 9.73 Å². The topological polar surface area (TPSA) is 77.1 Å². The highest BCUT2D eigenvalue weighted by atomic mass is 16.4. The Labute approximate surface area is 144 Å². The smallest absolute Gasteiger partial charge is 0.347 e. The number of fused-ring (bicyclic) bond motifs is 3. The van der Waals surface area contributed by atoms with Crippen molar-refractivity contribution >= 4 is 27.8 Å². The van der Waals surface area contributed by atoms with Crippen molar-refractivity contribution in [2.45, 2.75) is 51.1 Å². The molecule has 2 aromatic heterocycles. The van der Waals surface area contributed by atoms with Crippen molar-refractivity contribution in [2.75, 3.05) is 0 Å². The fourth-order valence-corrected chi connectivity index (χ4v) is 3.68. The molecule has 0 unspecified atom stereocenters. The first-order valence-corrected chi connectivity index (χ1v) is 8.89. The molecule has 0 spiro atoms. The van der Waals surface area contributed by atoms with Crippen LogP contribution in [0, 0.1) is 0 Å². The molecule has 0 saturated heterocycles. The largest absolute Gasteiger partial charge is 0.422 e. The molecule has 1 saturated carbocycles. The zero-order chi connectivity index (χ0) is 17.2. The molecule has 0 atom stereocenters. The number of amides is 1. The fraction of sp³-hybridized carbons (Fsp3) is 0.421. The van der Waals surface area contributed by atoms with E-state index in [0.29, 0.717) is 16.5 Å². The Morgan fingerprint density at radius 2 is 1.92 bits per heavy atom. The van der Waals surface area contributed by atoms with E-state index >= 15 is 0 Å². The van der Waals surface area contributed by atoms with Crippen LogP contribution in [0.15, 0.2) is 39.7 Å². The SMILES string of the molecule is O=C(Cn1ncc2c(=O)oc3ccccc3c21)NC1CCCCCC1. The maximum absolute atomic E-state index is 12.5. The van der Waals surface area contributed by atoms with E-state index in [4.69, 9.17) is 4.42 Å². The van der Waals surface area contributed by atoms with Crippen LogP contribution in [0.5, 0.6) is 0 Å². The molecule has 1 fully saturated rings. The molecule has 1 aromatic carbocycles. The van der Waals surface area contributed by atoms with Gasteiger partial charge in [-0.2, -0.15) is 5.10 Å². The van der Waals surface area contributed by atoms with Crippen LogP contribution in [0.1, 0.15) is 38.5 Å². The third kappa shape index (κ3) is 3.16. The molecule has 0 radical (unpaired) electrons. The number of carbonyl (C=O) groups excluding carboxylic acids is 1. The summed E-state index contributed by atoms with van der Waals surface area (Å²) >= 11 is 0. The summed E-state index contributed by atoms with van der Waals surface area (Å²) in [6.45, 7) is 0.105. The molecule has 2 heterocycles. The third-order valence-corrected chi connectivity index (χ3v) is 4.92. The number of carbonyl (C=O) groups is 1. The van der Waals surface area contributed by atoms with Gasteiger partial charge in [0.1, 0.15) is 17.5 Å². The van der Waals surface area contributed by atoms with E-state index in [-0.39, 0.29) is 18.5 Å². The van der Waals surface area contributed by atoms with Crippen molar-refractivity contribution < 1.29 is 9.21 Å². The molecular formula is C19H21N3O3. The summed E-state index contributed by atoms with van der Waals surface area (Å²) < 4.78 is 6.92. The first kappa shape index (κ1) is 15.9. The third-order valence-electron chi connectivity index (χ3n) is 4.92. The van der Waals surface area contributed by atoms with Gasteiger partial charge in [-0.25, -0.2) is 4.79 Å². The van der Waals surface area contributed by atoms with Gasteiger partial charge in [-0.3, -0.25) is 9.48 Å². The standard InChI is InChI=1S/C19H21N3O3/c23-17(21-13-7-3-1-2-4-8-13)12-22-18-14-9-5-6-10-16(14)25-19(24)15(18)11-20-22/h5-6,9-11,13H,1-4,7-8,12H2,(H,21,23). The van der Waals surface area contributed by atoms with Crippen LogP contribution in [-0.2, 0) is 11.3 Å². The van der Waals surface area contributed by atoms with Gasteiger partial charge >= 0.3 is 5.63 Å². The lowest BCUT2D eigenvalue weighted by Crippen LogP contribution is -2.36. The Morgan fingerprint density at radius 1 is 1.16 bits per heavy atom. The van der Waals surface area contributed by atoms with Gasteiger partial charge in [-0.05, 0) is 25.0 Å². The van der Waals surface area contributed by atoms with Crippen LogP contribution in [0.3, 0.4) is 0 Å². The van der Waals surface area contributed by atoms with Crippen molar-refractivity contribution in [3.63, 3.8) is 0 Å². The highest BCUT2D eigenvalue weighted by Gasteiger charge is 2.18. The van der Waals surface area contributed by atoms with Gasteiger partial charge in [0.05, 0.1) is 11.7 Å². The Balaban J connectivity index is 1.63. The summed E-state index contributed by atoms with van der Waals surface area (Å²) in [6.07, 6.45) is 8.39. The van der Waals surface area contributed by atoms with Crippen molar-refractivity contribution in [3.8, 4) is 0 Å². The summed E-state index contributed by atoms with van der Waals surface area (Å²) in [5.41, 5.74) is 0.734. The van der Waals surface area contributed by atoms with Gasteiger partial charge in [-0.1, -0.05) is 37.8 Å². The Hall–Kier alpha value is -2.63. The van der Waals surface area contributed by atoms with Crippen molar-refractivity contribution in [3.05, 3.63) is 40.9 Å². The van der Waals surface area contributed by atoms with Gasteiger partial charge in [0.25, 0.3) is 0 Å². The minimum Gasteiger partial charge on any atom is -0.422 e. The quantitative estimate of drug-likeness (QED) is 0.588. The Morgan fingerprint density at radius 3 is 2.72 bits per heavy atom. The minimum absolute atomic E-state index is 0.0609. The number of nitrogens with one attached hydrogen (secondary N) is 1. The summed E-state index contributed by atoms with van der Waals surface area (Å²) in [5.74, 6) is -0.0609. The highest BCUT2D eigenvalue weighted by Crippen LogP contribution is 2.22. The van der Waals surface area contributed by atoms with E-state index in [9.17, 15) is 9.59 Å². The molecule has 1 aliphatic carbocycles. The van der Waals surface area contributed by atoms with Crippen LogP contribution >= 0.6 is 0 Å². The number of nitrogens with zero attached hydrogens (tertiary/aromatic N) is 2. The van der Waals surface area contributed by atoms with E-state index < -0.39 is 5.63 Å². The van der Waals surface area contributed by atoms with Gasteiger partial charge in [0, 0.05) is 11.4 Å². The lowest BCUT2D eigenvalue weighted by molar-refractivity contribution is -0.122. The van der Waals surface area contributed by atoms with E-state index in [2.05, 4.69) is 10.4 Å². The second-order valence-electron chi connectivity index (χ2n) is 6.71. The van der Waals surface area contributed by atoms with Gasteiger partial charge in [0.15, 0.2) is 0 Å². The number of para-hydroxylation sites is 1. The molecule has 3 aromatic rings. The highest BCUT2D eigenvalue weighted by molar-refractivity contribution is 6.02. The van der Waals surface area contributed by atoms with E-state index in [1.54, 1.807) is 10.7 Å². The zero-order valence-electron chi connectivity index (χ0n) is 14.0. The lowest BCUT2D eigenvalue weighted by Gasteiger charge is -2.16. The van der Waals surface area contributed by atoms with E-state index in [0.717, 1.165) is 18.2 Å². The molecule has 0 bridgehead atoms. The second kappa shape index (κ2) is 6.70. The molecule has 25 heavy (non-hydrogen) atoms. The Bertz CT molecular complexity index is 965. The van der Waals surface area contributed by atoms with Crippen molar-refractivity contribution in [1.82, 2.24) is 15.1 Å². The predicted octanol–water partition coefficient (Wildman–Crippen LogP) is 2.98. The van der Waals surface area contributed by atoms with E-state index in [1.165, 1.54) is 31.9 Å². The lowest BCUT2D eigenvalue weighted by atomic mass is 10.1. The van der Waals surface area contributed by atoms with Crippen LogP contribution in [-0.4, -0.2) is 21.7 Å². The maximum atomic E-state index is 12.5. The number of hydrogen-bond donors (Lipinski definition) is 1. The van der Waals surface area contributed by atoms with Crippen LogP contribution in [0.4, 0.5) is 0 Å². The summed E-state index contributed by atoms with van der Waals surface area (Å²) in [7, 11) is 0. The number of aromatic nitrogens is 2. The molecule has 1 amide bonds. The number of benzene rings is 1.